The summed E-state index contributed by atoms with van der Waals surface area (Å²) in [5.41, 5.74) is 13.6. The van der Waals surface area contributed by atoms with Crippen molar-refractivity contribution in [2.45, 2.75) is 103 Å². The van der Waals surface area contributed by atoms with E-state index in [-0.39, 0.29) is 46.0 Å². The summed E-state index contributed by atoms with van der Waals surface area (Å²) in [7, 11) is 14.2. The Balaban J connectivity index is 0.000000612. The molecule has 1 atom stereocenters. The van der Waals surface area contributed by atoms with Crippen LogP contribution in [0.5, 0.6) is 92.0 Å². The van der Waals surface area contributed by atoms with Gasteiger partial charge < -0.3 is 78.7 Å². The normalized spacial score (nSPS) is 10.6. The summed E-state index contributed by atoms with van der Waals surface area (Å²) in [5.74, 6) is 13.8. The fourth-order valence-electron chi connectivity index (χ4n) is 12.8. The van der Waals surface area contributed by atoms with Gasteiger partial charge in [-0.15, -0.1) is 26.3 Å². The number of hydrogen-bond acceptors (Lipinski definition) is 23. The van der Waals surface area contributed by atoms with Gasteiger partial charge >= 0.3 is 20.7 Å². The fraction of sp³-hybridized carbons (Fsp3) is 0.378. The average Bonchev–Trinajstić information content (AvgIpc) is 0.820. The van der Waals surface area contributed by atoms with Gasteiger partial charge in [0.05, 0.1) is 56.9 Å². The molecule has 0 aliphatic carbocycles. The predicted molar refractivity (Wildman–Crippen MR) is 491 cm³/mol. The van der Waals surface area contributed by atoms with Crippen LogP contribution in [0.1, 0.15) is 115 Å². The van der Waals surface area contributed by atoms with E-state index in [0.29, 0.717) is 149 Å². The first-order valence-electron chi connectivity index (χ1n) is 37.9. The molecule has 622 valence electrons. The van der Waals surface area contributed by atoms with Gasteiger partial charge in [-0.1, -0.05) is 72.8 Å². The molecule has 8 N–H and O–H groups in total. The van der Waals surface area contributed by atoms with Gasteiger partial charge in [-0.05, 0) is 205 Å². The number of thiol groups is 2. The third kappa shape index (κ3) is 31.4. The zero-order valence-corrected chi connectivity index (χ0v) is 73.9. The van der Waals surface area contributed by atoms with Gasteiger partial charge in [0.1, 0.15) is 0 Å². The molecular formula is C90H116BO17PS6. The summed E-state index contributed by atoms with van der Waals surface area (Å²) in [6.07, 6.45) is 18.3. The Kier molecular flexibility index (Phi) is 45.8. The zero-order chi connectivity index (χ0) is 84.2. The van der Waals surface area contributed by atoms with Gasteiger partial charge in [0.25, 0.3) is 0 Å². The van der Waals surface area contributed by atoms with Crippen molar-refractivity contribution in [2.24, 2.45) is 0 Å². The van der Waals surface area contributed by atoms with E-state index < -0.39 is 0 Å². The molecule has 115 heavy (non-hydrogen) atoms. The largest absolute Gasteiger partial charge is 0.179 e. The summed E-state index contributed by atoms with van der Waals surface area (Å²) in [4.78, 5) is 0. The summed E-state index contributed by atoms with van der Waals surface area (Å²) in [6, 6.07) is 30.5. The summed E-state index contributed by atoms with van der Waals surface area (Å²) < 4.78 is 52.5. The van der Waals surface area contributed by atoms with E-state index in [4.69, 9.17) is 42.6 Å². The topological polar surface area (TPSA) is 253 Å². The Labute approximate surface area is 712 Å². The fourth-order valence-corrected chi connectivity index (χ4v) is 16.9. The number of benzene rings is 8. The minimum absolute atomic E-state index is 0.0616. The maximum absolute atomic E-state index is 11.3. The van der Waals surface area contributed by atoms with Crippen molar-refractivity contribution < 1.29 is 83.5 Å². The second-order valence-electron chi connectivity index (χ2n) is 26.6. The Morgan fingerprint density at radius 2 is 0.443 bits per heavy atom. The molecule has 1 unspecified atom stereocenters. The second kappa shape index (κ2) is 54.0. The number of rotatable bonds is 47. The Hall–Kier alpha value is -8.09. The van der Waals surface area contributed by atoms with Crippen molar-refractivity contribution in [1.82, 2.24) is 0 Å². The second-order valence-corrected chi connectivity index (χ2v) is 32.6. The first-order valence-corrected chi connectivity index (χ1v) is 44.4. The van der Waals surface area contributed by atoms with Crippen LogP contribution in [0.2, 0.25) is 0 Å². The molecule has 8 aromatic rings. The molecule has 0 aliphatic heterocycles. The van der Waals surface area contributed by atoms with E-state index in [1.54, 1.807) is 77.0 Å². The van der Waals surface area contributed by atoms with Crippen molar-refractivity contribution in [3.63, 3.8) is 0 Å². The van der Waals surface area contributed by atoms with Crippen LogP contribution in [-0.4, -0.2) is 162 Å². The van der Waals surface area contributed by atoms with Gasteiger partial charge in [0.2, 0.25) is 0 Å². The third-order valence-corrected chi connectivity index (χ3v) is 24.0. The molecule has 0 spiro atoms. The summed E-state index contributed by atoms with van der Waals surface area (Å²) in [5, 5.41) is 87.3. The van der Waals surface area contributed by atoms with Crippen LogP contribution < -0.4 is 37.9 Å². The average molecular weight is 1700 g/mol. The van der Waals surface area contributed by atoms with E-state index in [9.17, 15) is 40.9 Å². The van der Waals surface area contributed by atoms with E-state index in [2.05, 4.69) is 51.6 Å². The van der Waals surface area contributed by atoms with Crippen molar-refractivity contribution in [1.29, 1.82) is 0 Å². The molecule has 0 aromatic heterocycles. The Morgan fingerprint density at radius 1 is 0.296 bits per heavy atom. The van der Waals surface area contributed by atoms with Crippen LogP contribution in [0.4, 0.5) is 0 Å². The van der Waals surface area contributed by atoms with Crippen LogP contribution in [0, 0.1) is 0 Å². The first kappa shape index (κ1) is 97.5. The van der Waals surface area contributed by atoms with Gasteiger partial charge in [0.15, 0.2) is 92.0 Å². The summed E-state index contributed by atoms with van der Waals surface area (Å²) in [6.45, 7) is 15.8. The standard InChI is InChI=1S/C67H84O12S4.C21H24O4.C2H6S2.BH2OP/c1-9-15-44-29-50(62(68)56(35-44)74-3)41-52-31-46(37-58(76-5)64(52)70)17-11-21-80-25-27-82-23-13-19-48-33-54(66(72)60(39-48)78-7)43-55-34-49(40-61(79-8)67(55)73)20-14-24-83-28-26-81-22-12-18-47-32-53(65(71)59(38-47)77-6)42-51-30-45(16-10-2)36-57(75-4)63(51)69;1-5-7-14-9-16(20(22)18(11-14)24-3)13-17-10-15(8-6-2)12-19(25-4)21(17)23;3-1-2-4;2-1-3/h9-10,29-40,68-73H,1-2,11-28,41-43H2,3-8H3;5-6,9-12,22-23H,1-2,7-8,13H2,3-4H3;3-4H,1-2H2;3H2. The molecular weight excluding hydrogens is 1590 g/mol. The molecule has 0 radical (unpaired) electrons. The minimum Gasteiger partial charge on any atom is -0.179 e. The van der Waals surface area contributed by atoms with Crippen LogP contribution in [0.25, 0.3) is 0 Å². The molecule has 25 heteroatoms. The number of allylic oxidation sites excluding steroid dienone is 4. The number of phenols is 8. The molecule has 0 fully saturated rings. The number of methoxy groups -OCH3 is 8. The molecule has 0 heterocycles. The molecule has 8 aromatic carbocycles. The third-order valence-electron chi connectivity index (χ3n) is 18.4. The zero-order valence-electron chi connectivity index (χ0n) is 67.7. The minimum atomic E-state index is 0.0616. The maximum Gasteiger partial charge on any atom is -0.000932 e. The van der Waals surface area contributed by atoms with E-state index >= 15 is 0 Å². The molecule has 8 rings (SSSR count). The molecule has 0 aliphatic rings. The van der Waals surface area contributed by atoms with Gasteiger partial charge in [0, 0.05) is 93.2 Å². The van der Waals surface area contributed by atoms with E-state index in [1.165, 1.54) is 28.4 Å². The van der Waals surface area contributed by atoms with Gasteiger partial charge in [-0.3, -0.25) is 0 Å². The quantitative estimate of drug-likeness (QED) is 0.00559. The number of phenolic OH excluding ortho intramolecular Hbond substituents is 8. The van der Waals surface area contributed by atoms with E-state index in [1.807, 2.05) is 129 Å². The van der Waals surface area contributed by atoms with Crippen molar-refractivity contribution in [2.75, 3.05) is 114 Å². The molecule has 0 saturated heterocycles. The number of thioether (sulfide) groups is 4. The van der Waals surface area contributed by atoms with Crippen LogP contribution in [0.3, 0.4) is 0 Å². The van der Waals surface area contributed by atoms with Crippen molar-refractivity contribution in [3.05, 3.63) is 237 Å². The predicted octanol–water partition coefficient (Wildman–Crippen LogP) is 19.1. The molecule has 17 nitrogen and oxygen atoms in total. The van der Waals surface area contributed by atoms with E-state index in [0.717, 1.165) is 153 Å². The van der Waals surface area contributed by atoms with Crippen molar-refractivity contribution >= 4 is 88.3 Å². The number of aromatic hydroxyl groups is 8. The van der Waals surface area contributed by atoms with Crippen molar-refractivity contribution in [3.8, 4) is 92.0 Å². The smallest absolute Gasteiger partial charge is 0.000932 e. The van der Waals surface area contributed by atoms with Crippen LogP contribution in [-0.2, 0) is 81.8 Å². The number of ether oxygens (including phenoxy) is 8. The summed E-state index contributed by atoms with van der Waals surface area (Å²) >= 11 is 15.4. The monoisotopic (exact) mass is 1700 g/mol. The first-order chi connectivity index (χ1) is 55.6. The van der Waals surface area contributed by atoms with Crippen LogP contribution in [0.15, 0.2) is 148 Å². The number of hydrogen-bond donors (Lipinski definition) is 10. The van der Waals surface area contributed by atoms with Gasteiger partial charge in [-0.25, -0.2) is 0 Å². The molecule has 0 bridgehead atoms. The Bertz CT molecular complexity index is 4140. The SMILES string of the molecule is C=CCc1cc(Cc2cc(CC=C)cc(OC)c2O)c(O)c(OC)c1.C=CCc1cc(Cc2cc(CCCSCCSCCCc3cc(Cc4cc(CCCSCCSCCCc5cc(Cc6cc(CC=C)cc(OC)c6O)c(O)c(OC)c5)cc(OC)c4O)c(O)c(OC)c3)cc(OC)c2O)c(O)c(OC)c1.O=BP.SCCS. The van der Waals surface area contributed by atoms with Crippen LogP contribution >= 0.6 is 81.4 Å². The van der Waals surface area contributed by atoms with Gasteiger partial charge in [-0.2, -0.15) is 72.3 Å². The molecule has 0 saturated carbocycles. The Morgan fingerprint density at radius 3 is 0.583 bits per heavy atom. The maximum atomic E-state index is 11.3. The number of aryl methyl sites for hydroxylation is 4. The molecule has 0 amide bonds.